The molecule has 1 saturated heterocycles. The summed E-state index contributed by atoms with van der Waals surface area (Å²) in [6, 6.07) is 7.01. The van der Waals surface area contributed by atoms with Gasteiger partial charge in [0.25, 0.3) is 0 Å². The Labute approximate surface area is 155 Å². The fourth-order valence-electron chi connectivity index (χ4n) is 3.83. The molecule has 2 heterocycles. The number of nitrogens with one attached hydrogen (secondary N) is 1. The van der Waals surface area contributed by atoms with E-state index in [1.54, 1.807) is 0 Å². The Balaban J connectivity index is 1.94. The Morgan fingerprint density at radius 1 is 0.962 bits per heavy atom. The predicted octanol–water partition coefficient (Wildman–Crippen LogP) is 5.04. The molecule has 136 valence electrons. The minimum Gasteiger partial charge on any atom is -0.316 e. The van der Waals surface area contributed by atoms with Crippen LogP contribution >= 0.6 is 11.6 Å². The Hall–Kier alpha value is -1.85. The van der Waals surface area contributed by atoms with Gasteiger partial charge in [0.2, 0.25) is 0 Å². The molecule has 0 saturated carbocycles. The summed E-state index contributed by atoms with van der Waals surface area (Å²) in [6.07, 6.45) is -0.497. The third-order valence-corrected chi connectivity index (χ3v) is 5.33. The highest BCUT2D eigenvalue weighted by molar-refractivity contribution is 6.30. The molecule has 1 N–H and O–H groups in total. The van der Waals surface area contributed by atoms with E-state index in [9.17, 15) is 13.2 Å². The fourth-order valence-corrected chi connectivity index (χ4v) is 4.02. The molecule has 1 fully saturated rings. The second kappa shape index (κ2) is 6.71. The molecule has 2 aliphatic rings. The van der Waals surface area contributed by atoms with Crippen LogP contribution in [0.25, 0.3) is 5.57 Å². The molecule has 6 heteroatoms. The van der Waals surface area contributed by atoms with Crippen LogP contribution in [0.15, 0.2) is 36.0 Å². The number of hydrogen-bond donors (Lipinski definition) is 1. The van der Waals surface area contributed by atoms with Crippen molar-refractivity contribution < 1.29 is 13.2 Å². The van der Waals surface area contributed by atoms with Gasteiger partial charge in [-0.25, -0.2) is 0 Å². The van der Waals surface area contributed by atoms with Gasteiger partial charge >= 0.3 is 6.18 Å². The number of piperidine rings is 1. The molecule has 4 rings (SSSR count). The van der Waals surface area contributed by atoms with Crippen molar-refractivity contribution in [2.45, 2.75) is 31.9 Å². The Bertz CT molecular complexity index is 879. The molecule has 0 spiro atoms. The van der Waals surface area contributed by atoms with Crippen LogP contribution in [0.5, 0.6) is 0 Å². The van der Waals surface area contributed by atoms with Crippen molar-refractivity contribution in [1.29, 1.82) is 0 Å². The summed E-state index contributed by atoms with van der Waals surface area (Å²) in [4.78, 5) is 4.29. The molecule has 26 heavy (non-hydrogen) atoms. The van der Waals surface area contributed by atoms with E-state index >= 15 is 0 Å². The normalized spacial score (nSPS) is 17.5. The van der Waals surface area contributed by atoms with Crippen LogP contribution in [0.1, 0.15) is 40.8 Å². The summed E-state index contributed by atoms with van der Waals surface area (Å²) < 4.78 is 39.4. The van der Waals surface area contributed by atoms with Crippen molar-refractivity contribution in [2.24, 2.45) is 0 Å². The maximum Gasteiger partial charge on any atom is 0.417 e. The summed E-state index contributed by atoms with van der Waals surface area (Å²) in [6.45, 7) is 1.75. The third kappa shape index (κ3) is 3.26. The summed E-state index contributed by atoms with van der Waals surface area (Å²) in [5.41, 5.74) is 5.04. The maximum atomic E-state index is 13.1. The van der Waals surface area contributed by atoms with Crippen LogP contribution in [0.2, 0.25) is 5.02 Å². The van der Waals surface area contributed by atoms with E-state index in [1.807, 2.05) is 18.2 Å². The number of hydrogen-bond acceptors (Lipinski definition) is 2. The van der Waals surface area contributed by atoms with Gasteiger partial charge in [-0.2, -0.15) is 13.2 Å². The fraction of sp³-hybridized carbons (Fsp3) is 0.350. The monoisotopic (exact) mass is 378 g/mol. The molecular weight excluding hydrogens is 361 g/mol. The van der Waals surface area contributed by atoms with Crippen molar-refractivity contribution >= 4 is 17.2 Å². The van der Waals surface area contributed by atoms with Crippen molar-refractivity contribution in [3.63, 3.8) is 0 Å². The number of alkyl halides is 3. The highest BCUT2D eigenvalue weighted by Gasteiger charge is 2.33. The van der Waals surface area contributed by atoms with Gasteiger partial charge in [-0.3, -0.25) is 4.98 Å². The van der Waals surface area contributed by atoms with Crippen LogP contribution in [0.4, 0.5) is 13.2 Å². The summed E-state index contributed by atoms with van der Waals surface area (Å²) >= 11 is 6.17. The highest BCUT2D eigenvalue weighted by Crippen LogP contribution is 2.39. The lowest BCUT2D eigenvalue weighted by Gasteiger charge is -2.22. The summed E-state index contributed by atoms with van der Waals surface area (Å²) in [5.74, 6) is 0. The first-order valence-electron chi connectivity index (χ1n) is 8.71. The number of rotatable bonds is 0. The van der Waals surface area contributed by atoms with Gasteiger partial charge in [-0.05, 0) is 73.7 Å². The number of halogens is 4. The number of pyridine rings is 1. The summed E-state index contributed by atoms with van der Waals surface area (Å²) in [5, 5.41) is 3.98. The second-order valence-corrected chi connectivity index (χ2v) is 7.20. The van der Waals surface area contributed by atoms with E-state index in [4.69, 9.17) is 11.6 Å². The largest absolute Gasteiger partial charge is 0.417 e. The van der Waals surface area contributed by atoms with Crippen molar-refractivity contribution in [3.8, 4) is 0 Å². The highest BCUT2D eigenvalue weighted by atomic mass is 35.5. The molecule has 0 atom stereocenters. The van der Waals surface area contributed by atoms with E-state index in [-0.39, 0.29) is 0 Å². The van der Waals surface area contributed by atoms with Crippen LogP contribution in [0, 0.1) is 0 Å². The molecule has 0 amide bonds. The van der Waals surface area contributed by atoms with Crippen molar-refractivity contribution in [2.75, 3.05) is 13.1 Å². The second-order valence-electron chi connectivity index (χ2n) is 6.76. The third-order valence-electron chi connectivity index (χ3n) is 5.09. The van der Waals surface area contributed by atoms with Gasteiger partial charge < -0.3 is 5.32 Å². The molecule has 1 aromatic heterocycles. The average molecular weight is 379 g/mol. The van der Waals surface area contributed by atoms with E-state index in [2.05, 4.69) is 10.3 Å². The van der Waals surface area contributed by atoms with Crippen LogP contribution in [-0.4, -0.2) is 18.1 Å². The SMILES string of the molecule is FC(F)(F)c1cnc2c(c1)CCc1cc(Cl)ccc1C2=C1CCNCC1. The number of aryl methyl sites for hydroxylation is 2. The molecule has 1 aliphatic carbocycles. The number of nitrogens with zero attached hydrogens (tertiary/aromatic N) is 1. The molecule has 2 nitrogen and oxygen atoms in total. The van der Waals surface area contributed by atoms with Gasteiger partial charge in [-0.15, -0.1) is 0 Å². The Morgan fingerprint density at radius 2 is 1.69 bits per heavy atom. The van der Waals surface area contributed by atoms with E-state index in [0.717, 1.165) is 48.8 Å². The lowest BCUT2D eigenvalue weighted by Crippen LogP contribution is -2.24. The molecule has 2 aromatic rings. The van der Waals surface area contributed by atoms with Gasteiger partial charge in [0.15, 0.2) is 0 Å². The molecule has 0 unspecified atom stereocenters. The Morgan fingerprint density at radius 3 is 2.42 bits per heavy atom. The molecule has 1 aliphatic heterocycles. The van der Waals surface area contributed by atoms with Gasteiger partial charge in [0, 0.05) is 16.8 Å². The molecule has 1 aromatic carbocycles. The first kappa shape index (κ1) is 17.6. The van der Waals surface area contributed by atoms with E-state index in [1.165, 1.54) is 11.6 Å². The standard InChI is InChI=1S/C20H18ClF3N2/c21-16-3-4-17-13(10-16)1-2-14-9-15(20(22,23)24)11-26-19(14)18(17)12-5-7-25-8-6-12/h3-4,9-11,25H,1-2,5-8H2. The van der Waals surface area contributed by atoms with Crippen molar-refractivity contribution in [3.05, 3.63) is 69.0 Å². The van der Waals surface area contributed by atoms with Crippen LogP contribution in [0.3, 0.4) is 0 Å². The van der Waals surface area contributed by atoms with E-state index in [0.29, 0.717) is 29.1 Å². The lowest BCUT2D eigenvalue weighted by molar-refractivity contribution is -0.137. The van der Waals surface area contributed by atoms with Crippen molar-refractivity contribution in [1.82, 2.24) is 10.3 Å². The van der Waals surface area contributed by atoms with Gasteiger partial charge in [-0.1, -0.05) is 23.2 Å². The smallest absolute Gasteiger partial charge is 0.316 e. The quantitative estimate of drug-likeness (QED) is 0.694. The van der Waals surface area contributed by atoms with Crippen LogP contribution < -0.4 is 5.32 Å². The molecular formula is C20H18ClF3N2. The van der Waals surface area contributed by atoms with E-state index < -0.39 is 11.7 Å². The van der Waals surface area contributed by atoms with Gasteiger partial charge in [0.1, 0.15) is 0 Å². The maximum absolute atomic E-state index is 13.1. The zero-order chi connectivity index (χ0) is 18.3. The summed E-state index contributed by atoms with van der Waals surface area (Å²) in [7, 11) is 0. The van der Waals surface area contributed by atoms with Gasteiger partial charge in [0.05, 0.1) is 11.3 Å². The first-order chi connectivity index (χ1) is 12.4. The number of aromatic nitrogens is 1. The van der Waals surface area contributed by atoms with Crippen LogP contribution in [-0.2, 0) is 19.0 Å². The number of benzene rings is 1. The Kier molecular flexibility index (Phi) is 4.53. The minimum absolute atomic E-state index is 0.522. The number of fused-ring (bicyclic) bond motifs is 2. The minimum atomic E-state index is -4.38. The first-order valence-corrected chi connectivity index (χ1v) is 9.09. The average Bonchev–Trinajstić information content (AvgIpc) is 2.77. The molecule has 0 bridgehead atoms. The zero-order valence-corrected chi connectivity index (χ0v) is 14.8. The zero-order valence-electron chi connectivity index (χ0n) is 14.1. The predicted molar refractivity (Wildman–Crippen MR) is 96.2 cm³/mol. The topological polar surface area (TPSA) is 24.9 Å². The lowest BCUT2D eigenvalue weighted by atomic mass is 9.89. The molecule has 0 radical (unpaired) electrons.